The Morgan fingerprint density at radius 2 is 2.00 bits per heavy atom. The number of aliphatic carboxylic acids is 1. The van der Waals surface area contributed by atoms with Gasteiger partial charge in [-0.2, -0.15) is 0 Å². The van der Waals surface area contributed by atoms with Gasteiger partial charge in [0, 0.05) is 0 Å². The number of nitrogens with one attached hydrogen (secondary N) is 1. The molecule has 2 rings (SSSR count). The molecule has 2 N–H and O–H groups in total. The highest BCUT2D eigenvalue weighted by Crippen LogP contribution is 2.31. The summed E-state index contributed by atoms with van der Waals surface area (Å²) < 4.78 is 0. The molecule has 1 aromatic rings. The molecule has 0 bridgehead atoms. The van der Waals surface area contributed by atoms with E-state index in [0.717, 1.165) is 17.8 Å². The molecule has 92 valence electrons. The molecule has 2 unspecified atom stereocenters. The van der Waals surface area contributed by atoms with Gasteiger partial charge in [0.2, 0.25) is 5.91 Å². The molecule has 0 aromatic carbocycles. The van der Waals surface area contributed by atoms with E-state index in [1.807, 2.05) is 17.5 Å². The van der Waals surface area contributed by atoms with E-state index in [2.05, 4.69) is 5.32 Å². The van der Waals surface area contributed by atoms with E-state index >= 15 is 0 Å². The smallest absolute Gasteiger partial charge is 0.307 e. The number of carboxylic acid groups (broad SMARTS) is 1. The van der Waals surface area contributed by atoms with Gasteiger partial charge >= 0.3 is 5.97 Å². The van der Waals surface area contributed by atoms with E-state index in [4.69, 9.17) is 5.11 Å². The zero-order valence-corrected chi connectivity index (χ0v) is 10.2. The Labute approximate surface area is 104 Å². The van der Waals surface area contributed by atoms with Crippen LogP contribution in [0.4, 0.5) is 5.00 Å². The third kappa shape index (κ3) is 2.85. The van der Waals surface area contributed by atoms with Crippen LogP contribution in [0.5, 0.6) is 0 Å². The number of hydrogen-bond donors (Lipinski definition) is 2. The highest BCUT2D eigenvalue weighted by atomic mass is 32.1. The van der Waals surface area contributed by atoms with Crippen molar-refractivity contribution >= 4 is 28.2 Å². The number of carbonyl (C=O) groups excluding carboxylic acids is 1. The molecule has 1 saturated carbocycles. The Hall–Kier alpha value is -1.36. The number of anilines is 1. The van der Waals surface area contributed by atoms with Crippen LogP contribution in [0.1, 0.15) is 25.7 Å². The van der Waals surface area contributed by atoms with Crippen LogP contribution in [0, 0.1) is 11.8 Å². The molecule has 0 radical (unpaired) electrons. The molecule has 17 heavy (non-hydrogen) atoms. The Balaban J connectivity index is 2.03. The van der Waals surface area contributed by atoms with E-state index in [9.17, 15) is 9.59 Å². The summed E-state index contributed by atoms with van der Waals surface area (Å²) in [5, 5.41) is 14.6. The van der Waals surface area contributed by atoms with E-state index in [1.165, 1.54) is 11.3 Å². The molecule has 1 fully saturated rings. The molecule has 0 saturated heterocycles. The van der Waals surface area contributed by atoms with Crippen LogP contribution in [0.25, 0.3) is 0 Å². The van der Waals surface area contributed by atoms with Crippen molar-refractivity contribution in [2.45, 2.75) is 25.7 Å². The fourth-order valence-electron chi connectivity index (χ4n) is 2.30. The number of hydrogen-bond acceptors (Lipinski definition) is 3. The lowest BCUT2D eigenvalue weighted by molar-refractivity contribution is -0.147. The van der Waals surface area contributed by atoms with Crippen LogP contribution >= 0.6 is 11.3 Å². The van der Waals surface area contributed by atoms with E-state index < -0.39 is 11.9 Å². The first-order valence-electron chi connectivity index (χ1n) is 5.75. The van der Waals surface area contributed by atoms with Gasteiger partial charge in [-0.1, -0.05) is 12.8 Å². The van der Waals surface area contributed by atoms with Gasteiger partial charge in [-0.15, -0.1) is 11.3 Å². The molecular weight excluding hydrogens is 238 g/mol. The third-order valence-corrected chi connectivity index (χ3v) is 3.97. The second-order valence-electron chi connectivity index (χ2n) is 4.30. The molecule has 1 aromatic heterocycles. The molecule has 4 nitrogen and oxygen atoms in total. The van der Waals surface area contributed by atoms with Crippen molar-refractivity contribution in [3.05, 3.63) is 17.5 Å². The van der Waals surface area contributed by atoms with Crippen LogP contribution in [0.3, 0.4) is 0 Å². The first-order chi connectivity index (χ1) is 8.18. The van der Waals surface area contributed by atoms with Crippen molar-refractivity contribution in [3.63, 3.8) is 0 Å². The standard InChI is InChI=1S/C12H15NO3S/c14-11(13-10-6-3-7-17-10)8-4-1-2-5-9(8)12(15)16/h3,6-9H,1-2,4-5H2,(H,13,14)(H,15,16). The van der Waals surface area contributed by atoms with Crippen molar-refractivity contribution in [2.24, 2.45) is 11.8 Å². The topological polar surface area (TPSA) is 66.4 Å². The Morgan fingerprint density at radius 1 is 1.29 bits per heavy atom. The summed E-state index contributed by atoms with van der Waals surface area (Å²) in [6.07, 6.45) is 3.12. The van der Waals surface area contributed by atoms with Crippen LogP contribution < -0.4 is 5.32 Å². The quantitative estimate of drug-likeness (QED) is 0.870. The lowest BCUT2D eigenvalue weighted by atomic mass is 9.79. The van der Waals surface area contributed by atoms with Crippen molar-refractivity contribution in [1.29, 1.82) is 0 Å². The monoisotopic (exact) mass is 253 g/mol. The number of amides is 1. The van der Waals surface area contributed by atoms with Crippen molar-refractivity contribution in [1.82, 2.24) is 0 Å². The van der Waals surface area contributed by atoms with Crippen molar-refractivity contribution < 1.29 is 14.7 Å². The van der Waals surface area contributed by atoms with Gasteiger partial charge in [-0.05, 0) is 30.4 Å². The van der Waals surface area contributed by atoms with Gasteiger partial charge in [0.05, 0.1) is 16.8 Å². The van der Waals surface area contributed by atoms with Crippen molar-refractivity contribution in [3.8, 4) is 0 Å². The maximum absolute atomic E-state index is 12.0. The van der Waals surface area contributed by atoms with Crippen LogP contribution in [0.15, 0.2) is 17.5 Å². The van der Waals surface area contributed by atoms with Crippen LogP contribution in [0.2, 0.25) is 0 Å². The lowest BCUT2D eigenvalue weighted by Gasteiger charge is -2.27. The normalized spacial score (nSPS) is 24.2. The number of rotatable bonds is 3. The summed E-state index contributed by atoms with van der Waals surface area (Å²) in [7, 11) is 0. The first-order valence-corrected chi connectivity index (χ1v) is 6.63. The Bertz CT molecular complexity index is 402. The molecule has 2 atom stereocenters. The van der Waals surface area contributed by atoms with Crippen LogP contribution in [-0.4, -0.2) is 17.0 Å². The number of carbonyl (C=O) groups is 2. The zero-order chi connectivity index (χ0) is 12.3. The van der Waals surface area contributed by atoms with E-state index in [0.29, 0.717) is 12.8 Å². The predicted molar refractivity (Wildman–Crippen MR) is 66.0 cm³/mol. The summed E-state index contributed by atoms with van der Waals surface area (Å²) in [4.78, 5) is 23.1. The third-order valence-electron chi connectivity index (χ3n) is 3.19. The lowest BCUT2D eigenvalue weighted by Crippen LogP contribution is -2.35. The molecule has 1 amide bonds. The molecule has 0 aliphatic heterocycles. The van der Waals surface area contributed by atoms with Gasteiger partial charge in [-0.3, -0.25) is 9.59 Å². The summed E-state index contributed by atoms with van der Waals surface area (Å²) in [6.45, 7) is 0. The summed E-state index contributed by atoms with van der Waals surface area (Å²) in [6, 6.07) is 3.68. The largest absolute Gasteiger partial charge is 0.481 e. The highest BCUT2D eigenvalue weighted by molar-refractivity contribution is 7.14. The number of thiophene rings is 1. The molecule has 5 heteroatoms. The van der Waals surface area contributed by atoms with E-state index in [1.54, 1.807) is 0 Å². The van der Waals surface area contributed by atoms with Crippen LogP contribution in [-0.2, 0) is 9.59 Å². The van der Waals surface area contributed by atoms with Gasteiger partial charge in [0.1, 0.15) is 0 Å². The minimum atomic E-state index is -0.851. The molecule has 1 heterocycles. The minimum absolute atomic E-state index is 0.153. The second-order valence-corrected chi connectivity index (χ2v) is 5.25. The average Bonchev–Trinajstić information content (AvgIpc) is 2.81. The molecular formula is C12H15NO3S. The first kappa shape index (κ1) is 12.1. The Kier molecular flexibility index (Phi) is 3.78. The van der Waals surface area contributed by atoms with Gasteiger partial charge in [-0.25, -0.2) is 0 Å². The van der Waals surface area contributed by atoms with Gasteiger partial charge in [0.15, 0.2) is 0 Å². The number of carboxylic acids is 1. The minimum Gasteiger partial charge on any atom is -0.481 e. The second kappa shape index (κ2) is 5.31. The Morgan fingerprint density at radius 3 is 2.59 bits per heavy atom. The SMILES string of the molecule is O=C(O)C1CCCCC1C(=O)Nc1cccs1. The molecule has 1 aliphatic rings. The highest BCUT2D eigenvalue weighted by Gasteiger charge is 2.35. The van der Waals surface area contributed by atoms with Gasteiger partial charge < -0.3 is 10.4 Å². The fourth-order valence-corrected chi connectivity index (χ4v) is 2.92. The summed E-state index contributed by atoms with van der Waals surface area (Å²) in [5.41, 5.74) is 0. The predicted octanol–water partition coefficient (Wildman–Crippen LogP) is 2.58. The summed E-state index contributed by atoms with van der Waals surface area (Å²) in [5.74, 6) is -1.91. The van der Waals surface area contributed by atoms with E-state index in [-0.39, 0.29) is 11.8 Å². The summed E-state index contributed by atoms with van der Waals surface area (Å²) >= 11 is 1.45. The maximum atomic E-state index is 12.0. The fraction of sp³-hybridized carbons (Fsp3) is 0.500. The van der Waals surface area contributed by atoms with Crippen molar-refractivity contribution in [2.75, 3.05) is 5.32 Å². The maximum Gasteiger partial charge on any atom is 0.307 e. The molecule has 1 aliphatic carbocycles. The zero-order valence-electron chi connectivity index (χ0n) is 9.39. The molecule has 0 spiro atoms. The average molecular weight is 253 g/mol. The van der Waals surface area contributed by atoms with Gasteiger partial charge in [0.25, 0.3) is 0 Å².